The first-order valence-corrected chi connectivity index (χ1v) is 13.1. The lowest BCUT2D eigenvalue weighted by molar-refractivity contribution is -0.00924. The monoisotopic (exact) mass is 476 g/mol. The van der Waals surface area contributed by atoms with E-state index in [0.717, 1.165) is 30.1 Å². The lowest BCUT2D eigenvalue weighted by Crippen LogP contribution is -2.55. The summed E-state index contributed by atoms with van der Waals surface area (Å²) in [6, 6.07) is 8.89. The van der Waals surface area contributed by atoms with E-state index >= 15 is 0 Å². The molecule has 2 aliphatic heterocycles. The first-order valence-electron chi connectivity index (χ1n) is 11.2. The third-order valence-corrected chi connectivity index (χ3v) is 8.21. The fraction of sp³-hybridized carbons (Fsp3) is 0.565. The van der Waals surface area contributed by atoms with Gasteiger partial charge in [-0.15, -0.1) is 0 Å². The highest BCUT2D eigenvalue weighted by Crippen LogP contribution is 2.31. The van der Waals surface area contributed by atoms with Crippen LogP contribution >= 0.6 is 0 Å². The molecular formula is C23H32N4O5S. The number of hydrogen-bond acceptors (Lipinski definition) is 7. The van der Waals surface area contributed by atoms with E-state index in [1.165, 1.54) is 0 Å². The Balaban J connectivity index is 1.56. The van der Waals surface area contributed by atoms with Crippen LogP contribution in [0.2, 0.25) is 0 Å². The van der Waals surface area contributed by atoms with E-state index in [2.05, 4.69) is 29.2 Å². The van der Waals surface area contributed by atoms with Crippen LogP contribution in [0.15, 0.2) is 30.3 Å². The first-order chi connectivity index (χ1) is 15.7. The van der Waals surface area contributed by atoms with Crippen molar-refractivity contribution in [1.29, 1.82) is 0 Å². The number of ether oxygens (including phenoxy) is 2. The van der Waals surface area contributed by atoms with Gasteiger partial charge in [0, 0.05) is 30.7 Å². The van der Waals surface area contributed by atoms with E-state index in [9.17, 15) is 13.2 Å². The second-order valence-electron chi connectivity index (χ2n) is 9.24. The Morgan fingerprint density at radius 1 is 1.24 bits per heavy atom. The van der Waals surface area contributed by atoms with Gasteiger partial charge in [-0.1, -0.05) is 0 Å². The Morgan fingerprint density at radius 3 is 2.55 bits per heavy atom. The van der Waals surface area contributed by atoms with Gasteiger partial charge >= 0.3 is 0 Å². The number of sulfone groups is 1. The highest BCUT2D eigenvalue weighted by atomic mass is 32.2. The van der Waals surface area contributed by atoms with Gasteiger partial charge in [-0.05, 0) is 50.6 Å². The van der Waals surface area contributed by atoms with E-state index in [0.29, 0.717) is 26.2 Å². The number of carbonyl (C=O) groups is 1. The van der Waals surface area contributed by atoms with E-state index < -0.39 is 9.84 Å². The molecule has 1 N–H and O–H groups in total. The summed E-state index contributed by atoms with van der Waals surface area (Å²) in [5, 5.41) is 7.58. The molecule has 10 heteroatoms. The van der Waals surface area contributed by atoms with Crippen LogP contribution in [-0.4, -0.2) is 86.0 Å². The van der Waals surface area contributed by atoms with Gasteiger partial charge in [0.2, 0.25) is 0 Å². The van der Waals surface area contributed by atoms with Crippen molar-refractivity contribution in [2.75, 3.05) is 51.5 Å². The molecule has 2 aromatic rings. The van der Waals surface area contributed by atoms with Gasteiger partial charge in [0.1, 0.15) is 5.75 Å². The Kier molecular flexibility index (Phi) is 6.78. The van der Waals surface area contributed by atoms with Crippen molar-refractivity contribution < 1.29 is 22.7 Å². The zero-order valence-corrected chi connectivity index (χ0v) is 20.2. The van der Waals surface area contributed by atoms with E-state index in [4.69, 9.17) is 9.47 Å². The summed E-state index contributed by atoms with van der Waals surface area (Å²) < 4.78 is 36.6. The van der Waals surface area contributed by atoms with Crippen LogP contribution in [0.25, 0.3) is 11.3 Å². The van der Waals surface area contributed by atoms with Gasteiger partial charge < -0.3 is 14.8 Å². The SMILES string of the molecule is COc1ccc(-c2cc(C(=O)NCC(C)(C)N3CCOCC3)nn2C2CCS(=O)(=O)C2)cc1. The number of nitrogens with one attached hydrogen (secondary N) is 1. The number of nitrogens with zero attached hydrogens (tertiary/aromatic N) is 3. The lowest BCUT2D eigenvalue weighted by Gasteiger charge is -2.40. The largest absolute Gasteiger partial charge is 0.497 e. The Morgan fingerprint density at radius 2 is 1.94 bits per heavy atom. The number of hydrogen-bond donors (Lipinski definition) is 1. The second-order valence-corrected chi connectivity index (χ2v) is 11.5. The third kappa shape index (κ3) is 5.39. The minimum atomic E-state index is -3.10. The molecule has 0 radical (unpaired) electrons. The first kappa shape index (κ1) is 23.7. The normalized spacial score (nSPS) is 21.1. The zero-order chi connectivity index (χ0) is 23.6. The molecular weight excluding hydrogens is 444 g/mol. The van der Waals surface area contributed by atoms with Crippen molar-refractivity contribution >= 4 is 15.7 Å². The summed E-state index contributed by atoms with van der Waals surface area (Å²) in [5.74, 6) is 0.611. The summed E-state index contributed by atoms with van der Waals surface area (Å²) in [4.78, 5) is 15.4. The molecule has 180 valence electrons. The summed E-state index contributed by atoms with van der Waals surface area (Å²) in [6.45, 7) is 7.71. The topological polar surface area (TPSA) is 103 Å². The summed E-state index contributed by atoms with van der Waals surface area (Å²) in [7, 11) is -1.50. The average Bonchev–Trinajstić information content (AvgIpc) is 3.41. The number of aromatic nitrogens is 2. The highest BCUT2D eigenvalue weighted by Gasteiger charge is 2.33. The summed E-state index contributed by atoms with van der Waals surface area (Å²) in [5.41, 5.74) is 1.63. The van der Waals surface area contributed by atoms with Crippen molar-refractivity contribution in [2.24, 2.45) is 0 Å². The Hall–Kier alpha value is -2.43. The number of amides is 1. The van der Waals surface area contributed by atoms with E-state index in [-0.39, 0.29) is 34.7 Å². The fourth-order valence-corrected chi connectivity index (χ4v) is 6.09. The van der Waals surface area contributed by atoms with Crippen LogP contribution < -0.4 is 10.1 Å². The minimum absolute atomic E-state index is 0.0307. The number of rotatable bonds is 7. The molecule has 0 aliphatic carbocycles. The molecule has 0 saturated carbocycles. The molecule has 4 rings (SSSR count). The maximum Gasteiger partial charge on any atom is 0.271 e. The Labute approximate surface area is 195 Å². The molecule has 1 amide bonds. The van der Waals surface area contributed by atoms with Crippen molar-refractivity contribution in [3.8, 4) is 17.0 Å². The molecule has 33 heavy (non-hydrogen) atoms. The van der Waals surface area contributed by atoms with E-state index in [1.807, 2.05) is 24.3 Å². The van der Waals surface area contributed by atoms with Crippen LogP contribution in [0.3, 0.4) is 0 Å². The lowest BCUT2D eigenvalue weighted by atomic mass is 10.0. The number of carbonyl (C=O) groups excluding carboxylic acids is 1. The standard InChI is InChI=1S/C23H32N4O5S/c1-23(2,26-9-11-32-12-10-26)16-24-22(28)20-14-21(17-4-6-19(31-3)7-5-17)27(25-20)18-8-13-33(29,30)15-18/h4-7,14,18H,8-13,15-16H2,1-3H3,(H,24,28). The van der Waals surface area contributed by atoms with Crippen LogP contribution in [0, 0.1) is 0 Å². The van der Waals surface area contributed by atoms with Gasteiger partial charge in [0.05, 0.1) is 43.6 Å². The predicted octanol–water partition coefficient (Wildman–Crippen LogP) is 1.76. The quantitative estimate of drug-likeness (QED) is 0.650. The van der Waals surface area contributed by atoms with Crippen molar-refractivity contribution in [1.82, 2.24) is 20.0 Å². The maximum absolute atomic E-state index is 13.0. The molecule has 9 nitrogen and oxygen atoms in total. The number of methoxy groups -OCH3 is 1. The van der Waals surface area contributed by atoms with Crippen molar-refractivity contribution in [3.63, 3.8) is 0 Å². The number of morpholine rings is 1. The van der Waals surface area contributed by atoms with Gasteiger partial charge in [0.25, 0.3) is 5.91 Å². The molecule has 2 saturated heterocycles. The molecule has 0 spiro atoms. The van der Waals surface area contributed by atoms with Crippen LogP contribution in [0.5, 0.6) is 5.75 Å². The fourth-order valence-electron chi connectivity index (χ4n) is 4.40. The van der Waals surface area contributed by atoms with Gasteiger partial charge in [-0.3, -0.25) is 14.4 Å². The summed E-state index contributed by atoms with van der Waals surface area (Å²) >= 11 is 0. The molecule has 1 aromatic carbocycles. The third-order valence-electron chi connectivity index (χ3n) is 6.46. The van der Waals surface area contributed by atoms with Gasteiger partial charge in [-0.2, -0.15) is 5.10 Å². The van der Waals surface area contributed by atoms with Gasteiger partial charge in [-0.25, -0.2) is 8.42 Å². The maximum atomic E-state index is 13.0. The summed E-state index contributed by atoms with van der Waals surface area (Å²) in [6.07, 6.45) is 0.484. The molecule has 1 unspecified atom stereocenters. The molecule has 3 heterocycles. The number of benzene rings is 1. The molecule has 2 aliphatic rings. The average molecular weight is 477 g/mol. The van der Waals surface area contributed by atoms with Crippen LogP contribution in [0.1, 0.15) is 36.8 Å². The minimum Gasteiger partial charge on any atom is -0.497 e. The molecule has 1 aromatic heterocycles. The second kappa shape index (κ2) is 9.44. The van der Waals surface area contributed by atoms with Crippen LogP contribution in [0.4, 0.5) is 0 Å². The predicted molar refractivity (Wildman–Crippen MR) is 125 cm³/mol. The van der Waals surface area contributed by atoms with E-state index in [1.54, 1.807) is 17.9 Å². The smallest absolute Gasteiger partial charge is 0.271 e. The van der Waals surface area contributed by atoms with Crippen molar-refractivity contribution in [3.05, 3.63) is 36.0 Å². The van der Waals surface area contributed by atoms with Gasteiger partial charge in [0.15, 0.2) is 15.5 Å². The molecule has 0 bridgehead atoms. The highest BCUT2D eigenvalue weighted by molar-refractivity contribution is 7.91. The van der Waals surface area contributed by atoms with Crippen LogP contribution in [-0.2, 0) is 14.6 Å². The van der Waals surface area contributed by atoms with Crippen molar-refractivity contribution in [2.45, 2.75) is 31.8 Å². The zero-order valence-electron chi connectivity index (χ0n) is 19.4. The molecule has 2 fully saturated rings. The molecule has 1 atom stereocenters. The Bertz CT molecular complexity index is 1090.